The van der Waals surface area contributed by atoms with Crippen molar-refractivity contribution >= 4 is 5.69 Å². The molecule has 2 aromatic rings. The van der Waals surface area contributed by atoms with Crippen molar-refractivity contribution in [3.05, 3.63) is 23.8 Å². The van der Waals surface area contributed by atoms with E-state index in [9.17, 15) is 0 Å². The molecule has 1 aromatic carbocycles. The van der Waals surface area contributed by atoms with Gasteiger partial charge in [-0.25, -0.2) is 4.68 Å². The predicted octanol–water partition coefficient (Wildman–Crippen LogP) is 1.37. The lowest BCUT2D eigenvalue weighted by Gasteiger charge is -2.23. The minimum absolute atomic E-state index is 0.182. The molecule has 0 radical (unpaired) electrons. The van der Waals surface area contributed by atoms with Gasteiger partial charge < -0.3 is 10.5 Å². The number of rotatable bonds is 2. The van der Waals surface area contributed by atoms with Gasteiger partial charge in [0.2, 0.25) is 0 Å². The highest BCUT2D eigenvalue weighted by molar-refractivity contribution is 5.63. The number of nitrogens with zero attached hydrogens (tertiary/aromatic N) is 4. The molecule has 2 heterocycles. The van der Waals surface area contributed by atoms with E-state index in [1.807, 2.05) is 29.8 Å². The van der Waals surface area contributed by atoms with E-state index in [1.54, 1.807) is 0 Å². The predicted molar refractivity (Wildman–Crippen MR) is 71.5 cm³/mol. The first kappa shape index (κ1) is 12.1. The van der Waals surface area contributed by atoms with Gasteiger partial charge in [0.25, 0.3) is 0 Å². The van der Waals surface area contributed by atoms with Crippen LogP contribution in [0.4, 0.5) is 5.69 Å². The maximum Gasteiger partial charge on any atom is 0.182 e. The molecule has 1 aromatic heterocycles. The van der Waals surface area contributed by atoms with Crippen LogP contribution in [-0.2, 0) is 10.3 Å². The number of hydrogen-bond acceptors (Lipinski definition) is 5. The van der Waals surface area contributed by atoms with Crippen molar-refractivity contribution in [1.82, 2.24) is 20.2 Å². The van der Waals surface area contributed by atoms with Crippen molar-refractivity contribution in [3.63, 3.8) is 0 Å². The van der Waals surface area contributed by atoms with E-state index in [2.05, 4.69) is 22.4 Å². The largest absolute Gasteiger partial charge is 0.398 e. The Kier molecular flexibility index (Phi) is 2.74. The van der Waals surface area contributed by atoms with Gasteiger partial charge in [-0.2, -0.15) is 0 Å². The Bertz CT molecular complexity index is 601. The first-order valence-corrected chi connectivity index (χ1v) is 6.33. The van der Waals surface area contributed by atoms with Crippen LogP contribution in [0.25, 0.3) is 11.4 Å². The molecule has 3 rings (SSSR count). The molecule has 2 N–H and O–H groups in total. The summed E-state index contributed by atoms with van der Waals surface area (Å²) in [6.45, 7) is 5.46. The van der Waals surface area contributed by atoms with Crippen molar-refractivity contribution in [3.8, 4) is 11.4 Å². The average molecular weight is 259 g/mol. The van der Waals surface area contributed by atoms with E-state index >= 15 is 0 Å². The normalized spacial score (nSPS) is 22.8. The van der Waals surface area contributed by atoms with Crippen LogP contribution < -0.4 is 5.73 Å². The molecule has 1 aliphatic rings. The van der Waals surface area contributed by atoms with Crippen LogP contribution in [0.2, 0.25) is 0 Å². The summed E-state index contributed by atoms with van der Waals surface area (Å²) in [5.41, 5.74) is 8.51. The Morgan fingerprint density at radius 2 is 2.26 bits per heavy atom. The van der Waals surface area contributed by atoms with E-state index in [0.29, 0.717) is 6.61 Å². The molecule has 1 atom stereocenters. The first-order chi connectivity index (χ1) is 9.10. The molecule has 0 spiro atoms. The Balaban J connectivity index is 2.06. The highest BCUT2D eigenvalue weighted by atomic mass is 16.5. The van der Waals surface area contributed by atoms with Crippen LogP contribution in [0.15, 0.2) is 18.2 Å². The summed E-state index contributed by atoms with van der Waals surface area (Å²) in [5, 5.41) is 12.1. The van der Waals surface area contributed by atoms with Gasteiger partial charge in [0.15, 0.2) is 5.82 Å². The zero-order chi connectivity index (χ0) is 13.5. The number of aromatic nitrogens is 4. The van der Waals surface area contributed by atoms with Crippen molar-refractivity contribution in [2.24, 2.45) is 0 Å². The molecule has 1 aliphatic heterocycles. The maximum absolute atomic E-state index is 5.96. The molecule has 1 unspecified atom stereocenters. The van der Waals surface area contributed by atoms with Gasteiger partial charge >= 0.3 is 0 Å². The van der Waals surface area contributed by atoms with Crippen molar-refractivity contribution in [2.45, 2.75) is 25.8 Å². The van der Waals surface area contributed by atoms with Gasteiger partial charge in [0, 0.05) is 17.9 Å². The van der Waals surface area contributed by atoms with Crippen LogP contribution in [0, 0.1) is 6.92 Å². The van der Waals surface area contributed by atoms with Gasteiger partial charge in [0.1, 0.15) is 0 Å². The van der Waals surface area contributed by atoms with Gasteiger partial charge in [0.05, 0.1) is 12.1 Å². The molecule has 1 saturated heterocycles. The van der Waals surface area contributed by atoms with E-state index in [4.69, 9.17) is 10.5 Å². The zero-order valence-electron chi connectivity index (χ0n) is 11.1. The quantitative estimate of drug-likeness (QED) is 0.824. The zero-order valence-corrected chi connectivity index (χ0v) is 11.1. The fourth-order valence-corrected chi connectivity index (χ4v) is 2.33. The Morgan fingerprint density at radius 3 is 2.95 bits per heavy atom. The topological polar surface area (TPSA) is 78.8 Å². The Morgan fingerprint density at radius 1 is 1.42 bits per heavy atom. The third-order valence-electron chi connectivity index (χ3n) is 3.72. The summed E-state index contributed by atoms with van der Waals surface area (Å²) >= 11 is 0. The van der Waals surface area contributed by atoms with Crippen LogP contribution in [-0.4, -0.2) is 33.4 Å². The summed E-state index contributed by atoms with van der Waals surface area (Å²) in [6, 6.07) is 5.89. The lowest BCUT2D eigenvalue weighted by molar-refractivity contribution is 0.155. The molecule has 0 bridgehead atoms. The van der Waals surface area contributed by atoms with Gasteiger partial charge in [-0.3, -0.25) is 0 Å². The van der Waals surface area contributed by atoms with E-state index < -0.39 is 0 Å². The second kappa shape index (κ2) is 4.31. The van der Waals surface area contributed by atoms with E-state index in [0.717, 1.165) is 35.7 Å². The molecular weight excluding hydrogens is 242 g/mol. The molecule has 1 fully saturated rings. The summed E-state index contributed by atoms with van der Waals surface area (Å²) in [7, 11) is 0. The molecule has 100 valence electrons. The highest BCUT2D eigenvalue weighted by Gasteiger charge is 2.35. The van der Waals surface area contributed by atoms with Crippen LogP contribution in [0.3, 0.4) is 0 Å². The van der Waals surface area contributed by atoms with Crippen molar-refractivity contribution < 1.29 is 4.74 Å². The van der Waals surface area contributed by atoms with E-state index in [1.165, 1.54) is 0 Å². The highest BCUT2D eigenvalue weighted by Crippen LogP contribution is 2.30. The molecule has 6 heteroatoms. The molecule has 6 nitrogen and oxygen atoms in total. The fraction of sp³-hybridized carbons (Fsp3) is 0.462. The minimum Gasteiger partial charge on any atom is -0.398 e. The number of nitrogens with two attached hydrogens (primary N) is 1. The molecule has 0 aliphatic carbocycles. The summed E-state index contributed by atoms with van der Waals surface area (Å²) < 4.78 is 7.33. The minimum atomic E-state index is -0.182. The number of anilines is 1. The number of tetrazole rings is 1. The van der Waals surface area contributed by atoms with Gasteiger partial charge in [-0.1, -0.05) is 12.1 Å². The molecule has 0 amide bonds. The standard InChI is InChI=1S/C13H17N5O/c1-9-3-4-10(7-11(9)14)12-15-16-17-18(12)13(2)5-6-19-8-13/h3-4,7H,5-6,8,14H2,1-2H3. The Hall–Kier alpha value is -1.95. The monoisotopic (exact) mass is 259 g/mol. The van der Waals surface area contributed by atoms with Gasteiger partial charge in [-0.05, 0) is 42.3 Å². The number of hydrogen-bond donors (Lipinski definition) is 1. The third-order valence-corrected chi connectivity index (χ3v) is 3.72. The fourth-order valence-electron chi connectivity index (χ4n) is 2.33. The first-order valence-electron chi connectivity index (χ1n) is 6.33. The SMILES string of the molecule is Cc1ccc(-c2nnnn2C2(C)CCOC2)cc1N. The summed E-state index contributed by atoms with van der Waals surface area (Å²) in [6.07, 6.45) is 0.909. The summed E-state index contributed by atoms with van der Waals surface area (Å²) in [5.74, 6) is 0.736. The van der Waals surface area contributed by atoms with E-state index in [-0.39, 0.29) is 5.54 Å². The molecule has 0 saturated carbocycles. The maximum atomic E-state index is 5.96. The lowest BCUT2D eigenvalue weighted by Crippen LogP contribution is -2.32. The average Bonchev–Trinajstić information content (AvgIpc) is 3.02. The third kappa shape index (κ3) is 1.98. The Labute approximate surface area is 111 Å². The number of aryl methyl sites for hydroxylation is 1. The second-order valence-electron chi connectivity index (χ2n) is 5.29. The van der Waals surface area contributed by atoms with Crippen LogP contribution >= 0.6 is 0 Å². The van der Waals surface area contributed by atoms with Crippen LogP contribution in [0.1, 0.15) is 18.9 Å². The van der Waals surface area contributed by atoms with Gasteiger partial charge in [-0.15, -0.1) is 5.10 Å². The lowest BCUT2D eigenvalue weighted by atomic mass is 10.0. The smallest absolute Gasteiger partial charge is 0.182 e. The van der Waals surface area contributed by atoms with Crippen molar-refractivity contribution in [1.29, 1.82) is 0 Å². The van der Waals surface area contributed by atoms with Crippen LogP contribution in [0.5, 0.6) is 0 Å². The second-order valence-corrected chi connectivity index (χ2v) is 5.29. The number of benzene rings is 1. The summed E-state index contributed by atoms with van der Waals surface area (Å²) in [4.78, 5) is 0. The molecule has 19 heavy (non-hydrogen) atoms. The van der Waals surface area contributed by atoms with Crippen molar-refractivity contribution in [2.75, 3.05) is 18.9 Å². The molecular formula is C13H17N5O. The number of nitrogen functional groups attached to an aromatic ring is 1. The number of ether oxygens (including phenoxy) is 1.